The second-order valence-corrected chi connectivity index (χ2v) is 9.28. The molecule has 1 heterocycles. The van der Waals surface area contributed by atoms with Gasteiger partial charge >= 0.3 is 0 Å². The van der Waals surface area contributed by atoms with E-state index in [1.54, 1.807) is 0 Å². The van der Waals surface area contributed by atoms with Gasteiger partial charge in [0.05, 0.1) is 6.61 Å². The van der Waals surface area contributed by atoms with Gasteiger partial charge in [0.1, 0.15) is 5.75 Å². The number of ether oxygens (including phenoxy) is 1. The summed E-state index contributed by atoms with van der Waals surface area (Å²) in [7, 11) is 0. The van der Waals surface area contributed by atoms with Crippen LogP contribution in [0.4, 0.5) is 0 Å². The molecule has 0 spiro atoms. The number of aryl methyl sites for hydroxylation is 1. The molecule has 190 valence electrons. The van der Waals surface area contributed by atoms with Gasteiger partial charge in [0.2, 0.25) is 5.91 Å². The first-order chi connectivity index (χ1) is 18.2. The van der Waals surface area contributed by atoms with E-state index in [0.29, 0.717) is 19.4 Å². The van der Waals surface area contributed by atoms with Gasteiger partial charge in [-0.25, -0.2) is 0 Å². The summed E-state index contributed by atoms with van der Waals surface area (Å²) in [6, 6.07) is 33.6. The van der Waals surface area contributed by atoms with Crippen molar-refractivity contribution < 1.29 is 9.53 Å². The van der Waals surface area contributed by atoms with Crippen LogP contribution in [0.2, 0.25) is 0 Å². The number of hydrogen-bond donors (Lipinski definition) is 1. The number of nitrogens with zero attached hydrogens (tertiary/aromatic N) is 2. The third-order valence-electron chi connectivity index (χ3n) is 6.47. The third-order valence-corrected chi connectivity index (χ3v) is 6.47. The second kappa shape index (κ2) is 14.0. The van der Waals surface area contributed by atoms with Gasteiger partial charge in [-0.05, 0) is 59.4 Å². The molecule has 0 saturated carbocycles. The first kappa shape index (κ1) is 26.1. The minimum absolute atomic E-state index is 0.276. The van der Waals surface area contributed by atoms with Crippen molar-refractivity contribution in [2.45, 2.75) is 31.7 Å². The number of aromatic nitrogens is 1. The van der Waals surface area contributed by atoms with Gasteiger partial charge in [-0.3, -0.25) is 14.7 Å². The van der Waals surface area contributed by atoms with E-state index in [4.69, 9.17) is 10.5 Å². The van der Waals surface area contributed by atoms with Crippen molar-refractivity contribution in [2.24, 2.45) is 5.73 Å². The smallest absolute Gasteiger partial charge is 0.217 e. The number of hydrogen-bond acceptors (Lipinski definition) is 4. The van der Waals surface area contributed by atoms with E-state index in [1.807, 2.05) is 36.7 Å². The number of primary amides is 1. The molecule has 3 aromatic carbocycles. The Labute approximate surface area is 219 Å². The number of carbonyl (C=O) groups excluding carboxylic acids is 1. The molecule has 0 unspecified atom stereocenters. The number of pyridine rings is 1. The van der Waals surface area contributed by atoms with Gasteiger partial charge in [0.15, 0.2) is 0 Å². The van der Waals surface area contributed by atoms with Gasteiger partial charge in [-0.1, -0.05) is 72.8 Å². The maximum absolute atomic E-state index is 11.0. The van der Waals surface area contributed by atoms with Crippen molar-refractivity contribution in [1.29, 1.82) is 0 Å². The van der Waals surface area contributed by atoms with E-state index in [2.05, 4.69) is 82.7 Å². The minimum atomic E-state index is -0.279. The van der Waals surface area contributed by atoms with Crippen LogP contribution in [0.3, 0.4) is 0 Å². The summed E-state index contributed by atoms with van der Waals surface area (Å²) in [5.74, 6) is 0.839. The van der Waals surface area contributed by atoms with E-state index in [0.717, 1.165) is 37.4 Å². The topological polar surface area (TPSA) is 68.5 Å². The summed E-state index contributed by atoms with van der Waals surface area (Å²) in [6.07, 6.45) is 5.64. The Kier molecular flexibility index (Phi) is 9.85. The molecule has 5 heteroatoms. The quantitative estimate of drug-likeness (QED) is 0.232. The highest BCUT2D eigenvalue weighted by Gasteiger charge is 2.18. The Balaban J connectivity index is 1.40. The summed E-state index contributed by atoms with van der Waals surface area (Å²) in [4.78, 5) is 17.7. The molecule has 37 heavy (non-hydrogen) atoms. The van der Waals surface area contributed by atoms with E-state index < -0.39 is 0 Å². The summed E-state index contributed by atoms with van der Waals surface area (Å²) in [6.45, 7) is 3.31. The zero-order valence-electron chi connectivity index (χ0n) is 21.2. The molecular formula is C32H35N3O2. The van der Waals surface area contributed by atoms with Gasteiger partial charge < -0.3 is 10.5 Å². The van der Waals surface area contributed by atoms with Crippen molar-refractivity contribution in [2.75, 3.05) is 19.7 Å². The lowest BCUT2D eigenvalue weighted by Crippen LogP contribution is -2.30. The second-order valence-electron chi connectivity index (χ2n) is 9.28. The van der Waals surface area contributed by atoms with Crippen LogP contribution in [-0.2, 0) is 17.8 Å². The Morgan fingerprint density at radius 1 is 0.811 bits per heavy atom. The van der Waals surface area contributed by atoms with Crippen LogP contribution in [0.1, 0.15) is 41.0 Å². The standard InChI is InChI=1S/C32H35N3O2/c33-32(36)17-14-26-12-15-30(16-13-26)37-23-7-22-35(24-27-18-20-34-21-19-27)25-31(28-8-3-1-4-9-28)29-10-5-2-6-11-29/h1-6,8-13,15-16,18-21,31H,7,14,17,22-25H2,(H2,33,36). The Bertz CT molecular complexity index is 1160. The molecule has 5 nitrogen and oxygen atoms in total. The van der Waals surface area contributed by atoms with Crippen molar-refractivity contribution in [3.63, 3.8) is 0 Å². The van der Waals surface area contributed by atoms with E-state index in [1.165, 1.54) is 16.7 Å². The van der Waals surface area contributed by atoms with Crippen molar-refractivity contribution in [3.8, 4) is 5.75 Å². The lowest BCUT2D eigenvalue weighted by atomic mass is 9.90. The SMILES string of the molecule is NC(=O)CCc1ccc(OCCCN(Cc2ccncc2)CC(c2ccccc2)c2ccccc2)cc1. The van der Waals surface area contributed by atoms with E-state index in [9.17, 15) is 4.79 Å². The molecular weight excluding hydrogens is 458 g/mol. The summed E-state index contributed by atoms with van der Waals surface area (Å²) in [5, 5.41) is 0. The monoisotopic (exact) mass is 493 g/mol. The van der Waals surface area contributed by atoms with E-state index in [-0.39, 0.29) is 11.8 Å². The number of rotatable bonds is 14. The molecule has 0 atom stereocenters. The van der Waals surface area contributed by atoms with Crippen LogP contribution in [0.25, 0.3) is 0 Å². The fraction of sp³-hybridized carbons (Fsp3) is 0.250. The summed E-state index contributed by atoms with van der Waals surface area (Å²) in [5.41, 5.74) is 10.2. The molecule has 0 aliphatic carbocycles. The van der Waals surface area contributed by atoms with Crippen molar-refractivity contribution in [3.05, 3.63) is 132 Å². The lowest BCUT2D eigenvalue weighted by Gasteiger charge is -2.28. The normalized spacial score (nSPS) is 11.1. The van der Waals surface area contributed by atoms with Crippen LogP contribution in [0, 0.1) is 0 Å². The maximum atomic E-state index is 11.0. The van der Waals surface area contributed by atoms with Gasteiger partial charge in [0, 0.05) is 44.4 Å². The van der Waals surface area contributed by atoms with E-state index >= 15 is 0 Å². The van der Waals surface area contributed by atoms with Gasteiger partial charge in [-0.15, -0.1) is 0 Å². The zero-order valence-corrected chi connectivity index (χ0v) is 21.2. The predicted octanol–water partition coefficient (Wildman–Crippen LogP) is 5.60. The summed E-state index contributed by atoms with van der Waals surface area (Å²) < 4.78 is 6.03. The average molecular weight is 494 g/mol. The molecule has 2 N–H and O–H groups in total. The fourth-order valence-corrected chi connectivity index (χ4v) is 4.51. The Morgan fingerprint density at radius 2 is 1.43 bits per heavy atom. The molecule has 1 aromatic heterocycles. The Hall–Kier alpha value is -3.96. The molecule has 0 fully saturated rings. The number of nitrogens with two attached hydrogens (primary N) is 1. The van der Waals surface area contributed by atoms with Gasteiger partial charge in [0.25, 0.3) is 0 Å². The van der Waals surface area contributed by atoms with Crippen LogP contribution in [-0.4, -0.2) is 35.5 Å². The highest BCUT2D eigenvalue weighted by Crippen LogP contribution is 2.26. The average Bonchev–Trinajstić information content (AvgIpc) is 2.95. The molecule has 0 saturated heterocycles. The predicted molar refractivity (Wildman–Crippen MR) is 148 cm³/mol. The van der Waals surface area contributed by atoms with Crippen LogP contribution < -0.4 is 10.5 Å². The van der Waals surface area contributed by atoms with Crippen LogP contribution in [0.5, 0.6) is 5.75 Å². The number of amides is 1. The zero-order chi connectivity index (χ0) is 25.7. The molecule has 4 aromatic rings. The first-order valence-electron chi connectivity index (χ1n) is 12.9. The Morgan fingerprint density at radius 3 is 2.03 bits per heavy atom. The number of carbonyl (C=O) groups is 1. The van der Waals surface area contributed by atoms with Crippen molar-refractivity contribution in [1.82, 2.24) is 9.88 Å². The summed E-state index contributed by atoms with van der Waals surface area (Å²) >= 11 is 0. The van der Waals surface area contributed by atoms with Crippen LogP contribution >= 0.6 is 0 Å². The molecule has 0 radical (unpaired) electrons. The molecule has 0 aliphatic heterocycles. The number of benzene rings is 3. The highest BCUT2D eigenvalue weighted by atomic mass is 16.5. The van der Waals surface area contributed by atoms with Gasteiger partial charge in [-0.2, -0.15) is 0 Å². The van der Waals surface area contributed by atoms with Crippen LogP contribution in [0.15, 0.2) is 109 Å². The third kappa shape index (κ3) is 8.58. The largest absolute Gasteiger partial charge is 0.494 e. The first-order valence-corrected chi connectivity index (χ1v) is 12.9. The maximum Gasteiger partial charge on any atom is 0.217 e. The molecule has 1 amide bonds. The minimum Gasteiger partial charge on any atom is -0.494 e. The lowest BCUT2D eigenvalue weighted by molar-refractivity contribution is -0.117. The highest BCUT2D eigenvalue weighted by molar-refractivity contribution is 5.74. The molecule has 0 bridgehead atoms. The molecule has 0 aliphatic rings. The molecule has 4 rings (SSSR count). The van der Waals surface area contributed by atoms with Crippen molar-refractivity contribution >= 4 is 5.91 Å². The fourth-order valence-electron chi connectivity index (χ4n) is 4.51.